The second-order valence-electron chi connectivity index (χ2n) is 8.32. The molecule has 0 radical (unpaired) electrons. The first-order valence-electron chi connectivity index (χ1n) is 11.1. The van der Waals surface area contributed by atoms with Gasteiger partial charge >= 0.3 is 0 Å². The minimum atomic E-state index is 0.120. The van der Waals surface area contributed by atoms with Gasteiger partial charge in [0.1, 0.15) is 5.82 Å². The lowest BCUT2D eigenvalue weighted by Gasteiger charge is -2.23. The van der Waals surface area contributed by atoms with Crippen molar-refractivity contribution in [2.45, 2.75) is 32.3 Å². The summed E-state index contributed by atoms with van der Waals surface area (Å²) in [7, 11) is 0. The number of aromatic nitrogens is 3. The number of aryl methyl sites for hydroxylation is 3. The van der Waals surface area contributed by atoms with E-state index < -0.39 is 0 Å². The molecule has 2 aromatic carbocycles. The summed E-state index contributed by atoms with van der Waals surface area (Å²) in [5, 5.41) is 18.3. The molecule has 0 aliphatic carbocycles. The van der Waals surface area contributed by atoms with Crippen LogP contribution in [-0.4, -0.2) is 57.5 Å². The summed E-state index contributed by atoms with van der Waals surface area (Å²) in [6.07, 6.45) is 0.911. The van der Waals surface area contributed by atoms with Crippen LogP contribution in [0, 0.1) is 32.1 Å². The van der Waals surface area contributed by atoms with Crippen LogP contribution in [0.2, 0.25) is 0 Å². The maximum absolute atomic E-state index is 13.0. The van der Waals surface area contributed by atoms with Gasteiger partial charge in [-0.2, -0.15) is 5.26 Å². The van der Waals surface area contributed by atoms with Crippen LogP contribution >= 0.6 is 11.8 Å². The fraction of sp³-hybridized carbons (Fsp3) is 0.360. The first-order valence-corrected chi connectivity index (χ1v) is 12.1. The fourth-order valence-corrected chi connectivity index (χ4v) is 4.96. The molecular formula is C25H28N6OS. The Kier molecular flexibility index (Phi) is 6.99. The molecule has 4 rings (SSSR count). The van der Waals surface area contributed by atoms with Gasteiger partial charge in [0, 0.05) is 31.9 Å². The van der Waals surface area contributed by atoms with Crippen molar-refractivity contribution in [2.24, 2.45) is 0 Å². The van der Waals surface area contributed by atoms with Crippen molar-refractivity contribution in [3.8, 4) is 11.8 Å². The largest absolute Gasteiger partial charge is 0.370 e. The van der Waals surface area contributed by atoms with Crippen molar-refractivity contribution in [1.82, 2.24) is 19.7 Å². The molecule has 170 valence electrons. The zero-order valence-corrected chi connectivity index (χ0v) is 20.1. The van der Waals surface area contributed by atoms with Crippen LogP contribution in [0.25, 0.3) is 5.69 Å². The first kappa shape index (κ1) is 22.9. The molecule has 0 unspecified atom stereocenters. The molecular weight excluding hydrogens is 432 g/mol. The summed E-state index contributed by atoms with van der Waals surface area (Å²) in [6.45, 7) is 9.18. The van der Waals surface area contributed by atoms with E-state index in [1.165, 1.54) is 17.3 Å². The lowest BCUT2D eigenvalue weighted by Crippen LogP contribution is -2.36. The third kappa shape index (κ3) is 5.20. The average molecular weight is 461 g/mol. The third-order valence-electron chi connectivity index (χ3n) is 5.94. The minimum absolute atomic E-state index is 0.120. The van der Waals surface area contributed by atoms with Gasteiger partial charge in [0.05, 0.1) is 23.1 Å². The Morgan fingerprint density at radius 3 is 2.58 bits per heavy atom. The summed E-state index contributed by atoms with van der Waals surface area (Å²) >= 11 is 1.44. The van der Waals surface area contributed by atoms with E-state index in [-0.39, 0.29) is 5.91 Å². The van der Waals surface area contributed by atoms with E-state index in [0.717, 1.165) is 54.0 Å². The Labute approximate surface area is 199 Å². The standard InChI is InChI=1S/C25H28N6OS/c1-18-5-6-19(2)23(15-18)31-20(3)27-28-25(31)33-17-24(32)30-12-4-11-29(13-14-30)22-9-7-21(16-26)8-10-22/h5-10,15H,4,11-14,17H2,1-3H3. The van der Waals surface area contributed by atoms with Gasteiger partial charge in [-0.25, -0.2) is 0 Å². The molecule has 1 aliphatic heterocycles. The van der Waals surface area contributed by atoms with E-state index >= 15 is 0 Å². The molecule has 1 amide bonds. The Balaban J connectivity index is 1.40. The van der Waals surface area contributed by atoms with Crippen molar-refractivity contribution in [3.63, 3.8) is 0 Å². The van der Waals surface area contributed by atoms with Gasteiger partial charge in [0.25, 0.3) is 0 Å². The lowest BCUT2D eigenvalue weighted by atomic mass is 10.1. The Morgan fingerprint density at radius 2 is 1.82 bits per heavy atom. The number of nitriles is 1. The summed E-state index contributed by atoms with van der Waals surface area (Å²) in [4.78, 5) is 17.2. The van der Waals surface area contributed by atoms with E-state index in [1.807, 2.05) is 40.7 Å². The fourth-order valence-electron chi connectivity index (χ4n) is 4.06. The molecule has 8 heteroatoms. The molecule has 1 fully saturated rings. The van der Waals surface area contributed by atoms with Crippen molar-refractivity contribution >= 4 is 23.4 Å². The van der Waals surface area contributed by atoms with Gasteiger partial charge in [-0.1, -0.05) is 23.9 Å². The third-order valence-corrected chi connectivity index (χ3v) is 6.85. The molecule has 0 saturated carbocycles. The van der Waals surface area contributed by atoms with Crippen molar-refractivity contribution in [3.05, 3.63) is 65.0 Å². The second-order valence-corrected chi connectivity index (χ2v) is 9.27. The molecule has 7 nitrogen and oxygen atoms in total. The van der Waals surface area contributed by atoms with Crippen LogP contribution in [0.4, 0.5) is 5.69 Å². The highest BCUT2D eigenvalue weighted by Crippen LogP contribution is 2.25. The smallest absolute Gasteiger partial charge is 0.233 e. The molecule has 0 spiro atoms. The van der Waals surface area contributed by atoms with Crippen molar-refractivity contribution in [1.29, 1.82) is 5.26 Å². The number of nitrogens with zero attached hydrogens (tertiary/aromatic N) is 6. The number of anilines is 1. The van der Waals surface area contributed by atoms with Crippen LogP contribution in [0.5, 0.6) is 0 Å². The monoisotopic (exact) mass is 460 g/mol. The average Bonchev–Trinajstić information content (AvgIpc) is 3.02. The molecule has 2 heterocycles. The summed E-state index contributed by atoms with van der Waals surface area (Å²) in [5.74, 6) is 1.26. The zero-order chi connectivity index (χ0) is 23.4. The van der Waals surface area contributed by atoms with E-state index in [2.05, 4.69) is 53.2 Å². The van der Waals surface area contributed by atoms with Crippen LogP contribution in [0.3, 0.4) is 0 Å². The van der Waals surface area contributed by atoms with Crippen LogP contribution in [0.1, 0.15) is 28.9 Å². The first-order chi connectivity index (χ1) is 16.0. The van der Waals surface area contributed by atoms with Crippen molar-refractivity contribution in [2.75, 3.05) is 36.8 Å². The quantitative estimate of drug-likeness (QED) is 0.538. The van der Waals surface area contributed by atoms with E-state index in [1.54, 1.807) is 0 Å². The Bertz CT molecular complexity index is 1180. The number of hydrogen-bond donors (Lipinski definition) is 0. The molecule has 1 aliphatic rings. The number of carbonyl (C=O) groups is 1. The molecule has 3 aromatic rings. The number of benzene rings is 2. The second kappa shape index (κ2) is 10.1. The van der Waals surface area contributed by atoms with E-state index in [4.69, 9.17) is 5.26 Å². The highest BCUT2D eigenvalue weighted by Gasteiger charge is 2.21. The Hall–Kier alpha value is -3.31. The SMILES string of the molecule is Cc1ccc(C)c(-n2c(C)nnc2SCC(=O)N2CCCN(c3ccc(C#N)cc3)CC2)c1. The van der Waals surface area contributed by atoms with Gasteiger partial charge < -0.3 is 9.80 Å². The highest BCUT2D eigenvalue weighted by atomic mass is 32.2. The van der Waals surface area contributed by atoms with Crippen LogP contribution < -0.4 is 4.90 Å². The number of thioether (sulfide) groups is 1. The van der Waals surface area contributed by atoms with Gasteiger partial charge in [-0.3, -0.25) is 9.36 Å². The Morgan fingerprint density at radius 1 is 1.03 bits per heavy atom. The number of hydrogen-bond acceptors (Lipinski definition) is 6. The zero-order valence-electron chi connectivity index (χ0n) is 19.3. The molecule has 0 atom stereocenters. The molecule has 1 saturated heterocycles. The molecule has 0 bridgehead atoms. The molecule has 1 aromatic heterocycles. The predicted molar refractivity (Wildman–Crippen MR) is 131 cm³/mol. The van der Waals surface area contributed by atoms with Gasteiger partial charge in [-0.05, 0) is 68.7 Å². The van der Waals surface area contributed by atoms with Gasteiger partial charge in [0.15, 0.2) is 5.16 Å². The van der Waals surface area contributed by atoms with Crippen LogP contribution in [0.15, 0.2) is 47.6 Å². The minimum Gasteiger partial charge on any atom is -0.370 e. The van der Waals surface area contributed by atoms with Gasteiger partial charge in [-0.15, -0.1) is 10.2 Å². The number of rotatable bonds is 5. The molecule has 0 N–H and O–H groups in total. The summed E-state index contributed by atoms with van der Waals surface area (Å²) < 4.78 is 2.04. The number of carbonyl (C=O) groups excluding carboxylic acids is 1. The maximum atomic E-state index is 13.0. The van der Waals surface area contributed by atoms with Gasteiger partial charge in [0.2, 0.25) is 5.91 Å². The normalized spacial score (nSPS) is 14.1. The van der Waals surface area contributed by atoms with Crippen LogP contribution in [-0.2, 0) is 4.79 Å². The van der Waals surface area contributed by atoms with E-state index in [9.17, 15) is 4.79 Å². The highest BCUT2D eigenvalue weighted by molar-refractivity contribution is 7.99. The van der Waals surface area contributed by atoms with Crippen molar-refractivity contribution < 1.29 is 4.79 Å². The summed E-state index contributed by atoms with van der Waals surface area (Å²) in [5.41, 5.74) is 5.13. The maximum Gasteiger partial charge on any atom is 0.233 e. The topological polar surface area (TPSA) is 78.1 Å². The summed E-state index contributed by atoms with van der Waals surface area (Å²) in [6, 6.07) is 16.1. The number of amides is 1. The van der Waals surface area contributed by atoms with E-state index in [0.29, 0.717) is 17.9 Å². The molecule has 33 heavy (non-hydrogen) atoms. The lowest BCUT2D eigenvalue weighted by molar-refractivity contribution is -0.128. The predicted octanol–water partition coefficient (Wildman–Crippen LogP) is 3.90.